The highest BCUT2D eigenvalue weighted by molar-refractivity contribution is 5.93. The van der Waals surface area contributed by atoms with Crippen LogP contribution in [0.3, 0.4) is 0 Å². The lowest BCUT2D eigenvalue weighted by atomic mass is 10.1. The van der Waals surface area contributed by atoms with Crippen LogP contribution in [-0.4, -0.2) is 52.7 Å². The fourth-order valence-electron chi connectivity index (χ4n) is 3.50. The fourth-order valence-corrected chi connectivity index (χ4v) is 3.50. The molecule has 1 aliphatic heterocycles. The third-order valence-corrected chi connectivity index (χ3v) is 5.12. The fraction of sp³-hybridized carbons (Fsp3) is 0.261. The average molecular weight is 403 g/mol. The van der Waals surface area contributed by atoms with Crippen LogP contribution in [0, 0.1) is 0 Å². The number of amides is 2. The van der Waals surface area contributed by atoms with E-state index in [2.05, 4.69) is 41.8 Å². The minimum absolute atomic E-state index is 0.0545. The van der Waals surface area contributed by atoms with Gasteiger partial charge in [-0.2, -0.15) is 5.10 Å². The first-order valence-electron chi connectivity index (χ1n) is 10.2. The quantitative estimate of drug-likeness (QED) is 0.663. The van der Waals surface area contributed by atoms with Crippen LogP contribution in [0.4, 0.5) is 5.82 Å². The highest BCUT2D eigenvalue weighted by atomic mass is 16.2. The Kier molecular flexibility index (Phi) is 5.90. The van der Waals surface area contributed by atoms with Crippen molar-refractivity contribution in [1.82, 2.24) is 20.0 Å². The minimum Gasteiger partial charge on any atom is -0.354 e. The molecule has 30 heavy (non-hydrogen) atoms. The molecule has 1 aliphatic rings. The molecular weight excluding hydrogens is 378 g/mol. The van der Waals surface area contributed by atoms with E-state index >= 15 is 0 Å². The Labute approximate surface area is 175 Å². The monoisotopic (exact) mass is 403 g/mol. The van der Waals surface area contributed by atoms with Crippen molar-refractivity contribution in [1.29, 1.82) is 0 Å². The summed E-state index contributed by atoms with van der Waals surface area (Å²) in [7, 11) is 0. The maximum atomic E-state index is 12.7. The molecule has 7 nitrogen and oxygen atoms in total. The Morgan fingerprint density at radius 2 is 1.90 bits per heavy atom. The van der Waals surface area contributed by atoms with Crippen molar-refractivity contribution >= 4 is 17.6 Å². The molecule has 0 atom stereocenters. The summed E-state index contributed by atoms with van der Waals surface area (Å²) in [5.74, 6) is 0.373. The molecule has 1 saturated heterocycles. The summed E-state index contributed by atoms with van der Waals surface area (Å²) in [6.45, 7) is 3.74. The summed E-state index contributed by atoms with van der Waals surface area (Å²) in [4.78, 5) is 26.1. The zero-order chi connectivity index (χ0) is 20.9. The van der Waals surface area contributed by atoms with Crippen LogP contribution >= 0.6 is 0 Å². The van der Waals surface area contributed by atoms with E-state index in [1.165, 1.54) is 5.56 Å². The highest BCUT2D eigenvalue weighted by Gasteiger charge is 2.20. The number of hydrogen-bond donors (Lipinski definition) is 2. The van der Waals surface area contributed by atoms with Crippen molar-refractivity contribution in [3.63, 3.8) is 0 Å². The van der Waals surface area contributed by atoms with Crippen LogP contribution in [0.5, 0.6) is 0 Å². The van der Waals surface area contributed by atoms with Gasteiger partial charge in [0.05, 0.1) is 24.5 Å². The first kappa shape index (κ1) is 19.8. The van der Waals surface area contributed by atoms with Crippen molar-refractivity contribution in [3.05, 3.63) is 66.2 Å². The van der Waals surface area contributed by atoms with Crippen LogP contribution in [-0.2, 0) is 16.0 Å². The smallest absolute Gasteiger partial charge is 0.239 e. The van der Waals surface area contributed by atoms with Crippen LogP contribution in [0.1, 0.15) is 12.5 Å². The Morgan fingerprint density at radius 1 is 1.13 bits per heavy atom. The maximum absolute atomic E-state index is 12.7. The van der Waals surface area contributed by atoms with Crippen LogP contribution < -0.4 is 10.6 Å². The number of nitrogens with one attached hydrogen (secondary N) is 2. The number of benzene rings is 2. The van der Waals surface area contributed by atoms with E-state index in [-0.39, 0.29) is 24.9 Å². The molecule has 0 aliphatic carbocycles. The minimum atomic E-state index is -0.172. The molecule has 154 valence electrons. The first-order chi connectivity index (χ1) is 14.6. The summed E-state index contributed by atoms with van der Waals surface area (Å²) in [6, 6.07) is 19.9. The van der Waals surface area contributed by atoms with Crippen molar-refractivity contribution < 1.29 is 9.59 Å². The normalized spacial score (nSPS) is 14.4. The predicted molar refractivity (Wildman–Crippen MR) is 116 cm³/mol. The second kappa shape index (κ2) is 8.92. The molecule has 0 unspecified atom stereocenters. The van der Waals surface area contributed by atoms with Gasteiger partial charge in [-0.05, 0) is 24.1 Å². The van der Waals surface area contributed by atoms with Gasteiger partial charge in [-0.15, -0.1) is 0 Å². The number of rotatable bonds is 6. The number of nitrogens with zero attached hydrogens (tertiary/aromatic N) is 3. The second-order valence-electron chi connectivity index (χ2n) is 7.32. The van der Waals surface area contributed by atoms with Crippen molar-refractivity contribution in [2.75, 3.05) is 31.5 Å². The lowest BCUT2D eigenvalue weighted by molar-refractivity contribution is -0.125. The van der Waals surface area contributed by atoms with Gasteiger partial charge in [-0.25, -0.2) is 4.68 Å². The second-order valence-corrected chi connectivity index (χ2v) is 7.32. The highest BCUT2D eigenvalue weighted by Crippen LogP contribution is 2.25. The van der Waals surface area contributed by atoms with Gasteiger partial charge in [0.2, 0.25) is 11.8 Å². The van der Waals surface area contributed by atoms with E-state index in [0.29, 0.717) is 18.9 Å². The average Bonchev–Trinajstić information content (AvgIpc) is 3.18. The number of carbonyl (C=O) groups excluding carboxylic acids is 2. The molecular formula is C23H25N5O2. The molecule has 0 bridgehead atoms. The van der Waals surface area contributed by atoms with Gasteiger partial charge in [0.25, 0.3) is 0 Å². The summed E-state index contributed by atoms with van der Waals surface area (Å²) >= 11 is 0. The van der Waals surface area contributed by atoms with Crippen LogP contribution in [0.25, 0.3) is 16.9 Å². The summed E-state index contributed by atoms with van der Waals surface area (Å²) in [5, 5.41) is 10.5. The zero-order valence-electron chi connectivity index (χ0n) is 17.0. The van der Waals surface area contributed by atoms with Gasteiger partial charge < -0.3 is 10.6 Å². The molecule has 0 radical (unpaired) electrons. The number of aromatic nitrogens is 2. The Hall–Kier alpha value is -3.45. The summed E-state index contributed by atoms with van der Waals surface area (Å²) in [6.07, 6.45) is 0.981. The summed E-state index contributed by atoms with van der Waals surface area (Å²) < 4.78 is 1.74. The van der Waals surface area contributed by atoms with E-state index in [0.717, 1.165) is 23.4 Å². The van der Waals surface area contributed by atoms with Crippen LogP contribution in [0.2, 0.25) is 0 Å². The third-order valence-electron chi connectivity index (χ3n) is 5.12. The zero-order valence-corrected chi connectivity index (χ0v) is 17.0. The van der Waals surface area contributed by atoms with E-state index in [1.54, 1.807) is 4.68 Å². The lowest BCUT2D eigenvalue weighted by Gasteiger charge is -2.25. The topological polar surface area (TPSA) is 79.3 Å². The predicted octanol–water partition coefficient (Wildman–Crippen LogP) is 2.47. The largest absolute Gasteiger partial charge is 0.354 e. The molecule has 4 rings (SSSR count). The van der Waals surface area contributed by atoms with Gasteiger partial charge in [0.15, 0.2) is 0 Å². The number of aryl methyl sites for hydroxylation is 1. The van der Waals surface area contributed by atoms with E-state index in [9.17, 15) is 9.59 Å². The van der Waals surface area contributed by atoms with Gasteiger partial charge in [-0.1, -0.05) is 49.4 Å². The lowest BCUT2D eigenvalue weighted by Crippen LogP contribution is -2.49. The van der Waals surface area contributed by atoms with E-state index in [4.69, 9.17) is 5.10 Å². The SMILES string of the molecule is CCc1ccc(-c2cc(NC(=O)CN3CCNC(=O)C3)n(-c3ccccc3)n2)cc1. The molecule has 1 fully saturated rings. The molecule has 1 aromatic heterocycles. The summed E-state index contributed by atoms with van der Waals surface area (Å²) in [5.41, 5.74) is 3.90. The molecule has 0 saturated carbocycles. The van der Waals surface area contributed by atoms with Gasteiger partial charge in [-0.3, -0.25) is 14.5 Å². The number of carbonyl (C=O) groups is 2. The third kappa shape index (κ3) is 4.58. The van der Waals surface area contributed by atoms with Crippen molar-refractivity contribution in [2.45, 2.75) is 13.3 Å². The number of anilines is 1. The standard InChI is InChI=1S/C23H25N5O2/c1-2-17-8-10-18(11-9-17)20-14-21(28(26-20)19-6-4-3-5-7-19)25-23(30)16-27-13-12-24-22(29)15-27/h3-11,14H,2,12-13,15-16H2,1H3,(H,24,29)(H,25,30). The molecule has 2 amide bonds. The van der Waals surface area contributed by atoms with Gasteiger partial charge in [0, 0.05) is 24.7 Å². The van der Waals surface area contributed by atoms with E-state index in [1.807, 2.05) is 41.3 Å². The Morgan fingerprint density at radius 3 is 2.60 bits per heavy atom. The Bertz CT molecular complexity index is 1030. The molecule has 2 N–H and O–H groups in total. The molecule has 3 aromatic rings. The number of piperazine rings is 1. The maximum Gasteiger partial charge on any atom is 0.239 e. The van der Waals surface area contributed by atoms with Gasteiger partial charge >= 0.3 is 0 Å². The molecule has 7 heteroatoms. The van der Waals surface area contributed by atoms with Gasteiger partial charge in [0.1, 0.15) is 5.82 Å². The van der Waals surface area contributed by atoms with Crippen molar-refractivity contribution in [3.8, 4) is 16.9 Å². The molecule has 2 aromatic carbocycles. The molecule has 0 spiro atoms. The number of para-hydroxylation sites is 1. The molecule has 2 heterocycles. The van der Waals surface area contributed by atoms with Crippen LogP contribution in [0.15, 0.2) is 60.7 Å². The number of hydrogen-bond acceptors (Lipinski definition) is 4. The first-order valence-corrected chi connectivity index (χ1v) is 10.2. The van der Waals surface area contributed by atoms with Crippen molar-refractivity contribution in [2.24, 2.45) is 0 Å². The van der Waals surface area contributed by atoms with E-state index < -0.39 is 0 Å². The Balaban J connectivity index is 1.59.